The van der Waals surface area contributed by atoms with Gasteiger partial charge in [-0.05, 0) is 73.5 Å². The smallest absolute Gasteiger partial charge is 0.115 e. The van der Waals surface area contributed by atoms with Crippen molar-refractivity contribution in [1.29, 1.82) is 0 Å². The SMILES string of the molecule is C=CCN1CCC2(c3cccc(O)c3)Cc3c(c4ccc(C)cc4n3C)CC2C1. The van der Waals surface area contributed by atoms with Crippen LogP contribution in [0.25, 0.3) is 10.9 Å². The van der Waals surface area contributed by atoms with Gasteiger partial charge in [-0.3, -0.25) is 4.90 Å². The lowest BCUT2D eigenvalue weighted by molar-refractivity contribution is 0.0888. The molecule has 2 heterocycles. The van der Waals surface area contributed by atoms with Crippen LogP contribution < -0.4 is 0 Å². The van der Waals surface area contributed by atoms with E-state index < -0.39 is 0 Å². The molecule has 0 radical (unpaired) electrons. The number of aromatic nitrogens is 1. The number of phenols is 1. The molecule has 1 fully saturated rings. The summed E-state index contributed by atoms with van der Waals surface area (Å²) in [6.45, 7) is 9.25. The molecule has 0 amide bonds. The van der Waals surface area contributed by atoms with Gasteiger partial charge in [0.1, 0.15) is 5.75 Å². The third-order valence-electron chi connectivity index (χ3n) is 7.47. The van der Waals surface area contributed by atoms with Crippen LogP contribution >= 0.6 is 0 Å². The lowest BCUT2D eigenvalue weighted by atomic mass is 9.58. The molecule has 150 valence electrons. The van der Waals surface area contributed by atoms with E-state index in [0.717, 1.165) is 38.9 Å². The Morgan fingerprint density at radius 3 is 2.90 bits per heavy atom. The molecule has 1 aliphatic heterocycles. The number of aromatic hydroxyl groups is 1. The van der Waals surface area contributed by atoms with Gasteiger partial charge in [0, 0.05) is 42.1 Å². The first kappa shape index (κ1) is 18.5. The number of fused-ring (bicyclic) bond motifs is 4. The summed E-state index contributed by atoms with van der Waals surface area (Å²) < 4.78 is 2.43. The van der Waals surface area contributed by atoms with Crippen molar-refractivity contribution in [1.82, 2.24) is 9.47 Å². The van der Waals surface area contributed by atoms with E-state index in [4.69, 9.17) is 0 Å². The van der Waals surface area contributed by atoms with E-state index in [-0.39, 0.29) is 5.41 Å². The molecule has 1 aliphatic carbocycles. The zero-order valence-electron chi connectivity index (χ0n) is 17.5. The summed E-state index contributed by atoms with van der Waals surface area (Å²) in [5.74, 6) is 0.917. The van der Waals surface area contributed by atoms with Crippen molar-refractivity contribution in [2.75, 3.05) is 19.6 Å². The number of phenolic OH excluding ortho intramolecular Hbond substituents is 1. The van der Waals surface area contributed by atoms with Gasteiger partial charge in [0.15, 0.2) is 0 Å². The number of likely N-dealkylation sites (tertiary alicyclic amines) is 1. The van der Waals surface area contributed by atoms with Gasteiger partial charge in [0.2, 0.25) is 0 Å². The van der Waals surface area contributed by atoms with E-state index in [1.165, 1.54) is 33.3 Å². The number of piperidine rings is 1. The number of hydrogen-bond donors (Lipinski definition) is 1. The van der Waals surface area contributed by atoms with E-state index in [1.807, 2.05) is 18.2 Å². The van der Waals surface area contributed by atoms with E-state index in [9.17, 15) is 5.11 Å². The number of aryl methyl sites for hydroxylation is 2. The Bertz CT molecular complexity index is 1100. The highest BCUT2D eigenvalue weighted by molar-refractivity contribution is 5.86. The molecule has 0 bridgehead atoms. The van der Waals surface area contributed by atoms with Crippen LogP contribution in [-0.4, -0.2) is 34.2 Å². The van der Waals surface area contributed by atoms with Crippen molar-refractivity contribution in [2.45, 2.75) is 31.6 Å². The second-order valence-electron chi connectivity index (χ2n) is 9.09. The summed E-state index contributed by atoms with van der Waals surface area (Å²) in [7, 11) is 2.23. The Balaban J connectivity index is 1.67. The van der Waals surface area contributed by atoms with Crippen molar-refractivity contribution < 1.29 is 5.11 Å². The maximum atomic E-state index is 10.2. The van der Waals surface area contributed by atoms with Crippen LogP contribution in [0.2, 0.25) is 0 Å². The van der Waals surface area contributed by atoms with Gasteiger partial charge in [0.05, 0.1) is 0 Å². The molecule has 1 saturated heterocycles. The molecular formula is C26H30N2O. The third kappa shape index (κ3) is 2.83. The molecule has 0 spiro atoms. The van der Waals surface area contributed by atoms with Crippen LogP contribution in [0.1, 0.15) is 28.8 Å². The minimum atomic E-state index is 0.0839. The summed E-state index contributed by atoms with van der Waals surface area (Å²) in [5.41, 5.74) is 7.05. The highest BCUT2D eigenvalue weighted by Crippen LogP contribution is 2.50. The summed E-state index contributed by atoms with van der Waals surface area (Å²) in [6, 6.07) is 14.9. The van der Waals surface area contributed by atoms with Crippen molar-refractivity contribution >= 4 is 10.9 Å². The predicted molar refractivity (Wildman–Crippen MR) is 120 cm³/mol. The van der Waals surface area contributed by atoms with Gasteiger partial charge in [0.25, 0.3) is 0 Å². The molecule has 1 aromatic heterocycles. The van der Waals surface area contributed by atoms with Gasteiger partial charge < -0.3 is 9.67 Å². The van der Waals surface area contributed by atoms with Gasteiger partial charge in [-0.1, -0.05) is 30.3 Å². The first-order valence-electron chi connectivity index (χ1n) is 10.7. The first-order chi connectivity index (χ1) is 14.0. The van der Waals surface area contributed by atoms with Crippen LogP contribution in [0.4, 0.5) is 0 Å². The molecule has 2 unspecified atom stereocenters. The fraction of sp³-hybridized carbons (Fsp3) is 0.385. The quantitative estimate of drug-likeness (QED) is 0.659. The van der Waals surface area contributed by atoms with Gasteiger partial charge in [-0.15, -0.1) is 6.58 Å². The van der Waals surface area contributed by atoms with E-state index in [1.54, 1.807) is 6.07 Å². The summed E-state index contributed by atoms with van der Waals surface area (Å²) in [6.07, 6.45) is 5.28. The van der Waals surface area contributed by atoms with Crippen molar-refractivity contribution in [3.05, 3.63) is 77.5 Å². The topological polar surface area (TPSA) is 28.4 Å². The minimum absolute atomic E-state index is 0.0839. The molecule has 5 rings (SSSR count). The molecule has 2 aliphatic rings. The Morgan fingerprint density at radius 2 is 2.10 bits per heavy atom. The normalized spacial score (nSPS) is 24.3. The Hall–Kier alpha value is -2.52. The second kappa shape index (κ2) is 6.77. The monoisotopic (exact) mass is 386 g/mol. The Labute approximate surface area is 173 Å². The van der Waals surface area contributed by atoms with Crippen LogP contribution in [-0.2, 0) is 25.3 Å². The van der Waals surface area contributed by atoms with E-state index in [2.05, 4.69) is 54.3 Å². The van der Waals surface area contributed by atoms with Crippen molar-refractivity contribution in [3.8, 4) is 5.75 Å². The lowest BCUT2D eigenvalue weighted by Crippen LogP contribution is -2.53. The molecule has 1 N–H and O–H groups in total. The first-order valence-corrected chi connectivity index (χ1v) is 10.7. The highest BCUT2D eigenvalue weighted by atomic mass is 16.3. The zero-order valence-corrected chi connectivity index (χ0v) is 17.5. The van der Waals surface area contributed by atoms with E-state index >= 15 is 0 Å². The molecule has 0 saturated carbocycles. The lowest BCUT2D eigenvalue weighted by Gasteiger charge is -2.51. The van der Waals surface area contributed by atoms with Gasteiger partial charge >= 0.3 is 0 Å². The summed E-state index contributed by atoms with van der Waals surface area (Å²) in [5, 5.41) is 11.6. The molecule has 3 nitrogen and oxygen atoms in total. The van der Waals surface area contributed by atoms with Crippen molar-refractivity contribution in [3.63, 3.8) is 0 Å². The van der Waals surface area contributed by atoms with Crippen molar-refractivity contribution in [2.24, 2.45) is 13.0 Å². The Kier molecular flexibility index (Phi) is 4.32. The largest absolute Gasteiger partial charge is 0.508 e. The predicted octanol–water partition coefficient (Wildman–Crippen LogP) is 4.74. The Morgan fingerprint density at radius 1 is 1.24 bits per heavy atom. The van der Waals surface area contributed by atoms with Crippen LogP contribution in [0.15, 0.2) is 55.1 Å². The van der Waals surface area contributed by atoms with Gasteiger partial charge in [-0.25, -0.2) is 0 Å². The molecule has 3 heteroatoms. The average molecular weight is 387 g/mol. The van der Waals surface area contributed by atoms with Crippen LogP contribution in [0, 0.1) is 12.8 Å². The minimum Gasteiger partial charge on any atom is -0.508 e. The fourth-order valence-electron chi connectivity index (χ4n) is 5.95. The number of rotatable bonds is 3. The highest BCUT2D eigenvalue weighted by Gasteiger charge is 2.48. The van der Waals surface area contributed by atoms with Gasteiger partial charge in [-0.2, -0.15) is 0 Å². The molecule has 2 atom stereocenters. The maximum Gasteiger partial charge on any atom is 0.115 e. The fourth-order valence-corrected chi connectivity index (χ4v) is 5.95. The number of benzene rings is 2. The molecule has 3 aromatic rings. The van der Waals surface area contributed by atoms with Crippen LogP contribution in [0.5, 0.6) is 5.75 Å². The number of nitrogens with zero attached hydrogens (tertiary/aromatic N) is 2. The van der Waals surface area contributed by atoms with E-state index in [0.29, 0.717) is 11.7 Å². The number of hydrogen-bond acceptors (Lipinski definition) is 2. The molecule has 29 heavy (non-hydrogen) atoms. The zero-order chi connectivity index (χ0) is 20.2. The summed E-state index contributed by atoms with van der Waals surface area (Å²) >= 11 is 0. The standard InChI is InChI=1S/C26H30N2O/c1-4-11-28-12-10-26(19-6-5-7-21(29)14-19)16-25-23(15-20(26)17-28)22-9-8-18(2)13-24(22)27(25)3/h4-9,13-14,20,29H,1,10-12,15-17H2,2-3H3. The molecular weight excluding hydrogens is 356 g/mol. The average Bonchev–Trinajstić information content (AvgIpc) is 2.97. The second-order valence-corrected chi connectivity index (χ2v) is 9.09. The van der Waals surface area contributed by atoms with Crippen LogP contribution in [0.3, 0.4) is 0 Å². The maximum absolute atomic E-state index is 10.2. The molecule has 2 aromatic carbocycles. The third-order valence-corrected chi connectivity index (χ3v) is 7.47. The summed E-state index contributed by atoms with van der Waals surface area (Å²) in [4.78, 5) is 2.54.